The number of methoxy groups -OCH3 is 1. The van der Waals surface area contributed by atoms with Crippen molar-refractivity contribution >= 4 is 34.2 Å². The third kappa shape index (κ3) is 2.89. The van der Waals surface area contributed by atoms with Crippen LogP contribution in [0.4, 0.5) is 5.13 Å². The van der Waals surface area contributed by atoms with Gasteiger partial charge in [0.15, 0.2) is 5.13 Å². The molecule has 1 aromatic heterocycles. The first-order valence-electron chi connectivity index (χ1n) is 5.13. The van der Waals surface area contributed by atoms with Crippen LogP contribution in [0, 0.1) is 0 Å². The summed E-state index contributed by atoms with van der Waals surface area (Å²) in [6.07, 6.45) is 0.273. The number of thioether (sulfide) groups is 1. The minimum absolute atomic E-state index is 0.231. The number of carbonyl (C=O) groups is 1. The van der Waals surface area contributed by atoms with Gasteiger partial charge in [-0.05, 0) is 0 Å². The molecule has 0 bridgehead atoms. The van der Waals surface area contributed by atoms with Gasteiger partial charge in [-0.3, -0.25) is 4.79 Å². The number of nitrogens with zero attached hydrogens (tertiary/aromatic N) is 2. The van der Waals surface area contributed by atoms with Crippen molar-refractivity contribution in [2.45, 2.75) is 6.42 Å². The molecule has 1 aliphatic heterocycles. The molecule has 4 nitrogen and oxygen atoms in total. The van der Waals surface area contributed by atoms with Crippen molar-refractivity contribution in [3.63, 3.8) is 0 Å². The van der Waals surface area contributed by atoms with Crippen LogP contribution in [0.25, 0.3) is 0 Å². The van der Waals surface area contributed by atoms with Gasteiger partial charge in [-0.1, -0.05) is 0 Å². The Morgan fingerprint density at radius 3 is 3.00 bits per heavy atom. The summed E-state index contributed by atoms with van der Waals surface area (Å²) in [5, 5.41) is 2.97. The molecule has 6 heteroatoms. The first-order valence-corrected chi connectivity index (χ1v) is 7.17. The highest BCUT2D eigenvalue weighted by atomic mass is 32.2. The lowest BCUT2D eigenvalue weighted by atomic mass is 10.3. The molecule has 0 unspecified atom stereocenters. The Hall–Kier alpha value is -0.750. The van der Waals surface area contributed by atoms with Gasteiger partial charge in [0, 0.05) is 30.0 Å². The maximum atomic E-state index is 11.1. The number of esters is 1. The molecule has 2 rings (SSSR count). The number of hydrogen-bond acceptors (Lipinski definition) is 6. The fraction of sp³-hybridized carbons (Fsp3) is 0.600. The van der Waals surface area contributed by atoms with E-state index in [1.807, 2.05) is 17.1 Å². The van der Waals surface area contributed by atoms with Crippen LogP contribution in [-0.4, -0.2) is 42.7 Å². The summed E-state index contributed by atoms with van der Waals surface area (Å²) in [6.45, 7) is 2.10. The Balaban J connectivity index is 1.98. The summed E-state index contributed by atoms with van der Waals surface area (Å²) < 4.78 is 4.62. The van der Waals surface area contributed by atoms with Gasteiger partial charge in [0.2, 0.25) is 0 Å². The molecule has 0 radical (unpaired) electrons. The highest BCUT2D eigenvalue weighted by molar-refractivity contribution is 7.99. The van der Waals surface area contributed by atoms with E-state index in [0.717, 1.165) is 35.4 Å². The molecule has 0 N–H and O–H groups in total. The lowest BCUT2D eigenvalue weighted by Crippen LogP contribution is -2.32. The van der Waals surface area contributed by atoms with Crippen LogP contribution in [0.15, 0.2) is 5.38 Å². The Morgan fingerprint density at radius 2 is 2.31 bits per heavy atom. The van der Waals surface area contributed by atoms with Crippen molar-refractivity contribution in [3.05, 3.63) is 11.1 Å². The smallest absolute Gasteiger partial charge is 0.311 e. The first kappa shape index (κ1) is 11.7. The summed E-state index contributed by atoms with van der Waals surface area (Å²) in [7, 11) is 1.40. The van der Waals surface area contributed by atoms with E-state index >= 15 is 0 Å². The van der Waals surface area contributed by atoms with Crippen molar-refractivity contribution in [1.82, 2.24) is 4.98 Å². The van der Waals surface area contributed by atoms with Crippen LogP contribution >= 0.6 is 23.1 Å². The summed E-state index contributed by atoms with van der Waals surface area (Å²) in [4.78, 5) is 17.8. The molecule has 2 heterocycles. The predicted octanol–water partition coefficient (Wildman–Crippen LogP) is 1.41. The molecule has 1 fully saturated rings. The molecule has 0 amide bonds. The van der Waals surface area contributed by atoms with Crippen molar-refractivity contribution in [3.8, 4) is 0 Å². The number of ether oxygens (including phenoxy) is 1. The largest absolute Gasteiger partial charge is 0.469 e. The number of thiazole rings is 1. The van der Waals surface area contributed by atoms with E-state index in [-0.39, 0.29) is 12.4 Å². The third-order valence-electron chi connectivity index (χ3n) is 2.37. The lowest BCUT2D eigenvalue weighted by molar-refractivity contribution is -0.139. The molecular formula is C10H14N2O2S2. The van der Waals surface area contributed by atoms with Gasteiger partial charge in [0.05, 0.1) is 19.2 Å². The standard InChI is InChI=1S/C10H14N2O2S2/c1-14-9(13)6-8-7-16-10(11-8)12-2-4-15-5-3-12/h7H,2-6H2,1H3. The quantitative estimate of drug-likeness (QED) is 0.767. The van der Waals surface area contributed by atoms with Gasteiger partial charge < -0.3 is 9.64 Å². The van der Waals surface area contributed by atoms with Crippen molar-refractivity contribution < 1.29 is 9.53 Å². The van der Waals surface area contributed by atoms with E-state index in [1.54, 1.807) is 11.3 Å². The van der Waals surface area contributed by atoms with E-state index in [1.165, 1.54) is 7.11 Å². The van der Waals surface area contributed by atoms with Crippen LogP contribution in [-0.2, 0) is 16.0 Å². The van der Waals surface area contributed by atoms with Gasteiger partial charge in [0.25, 0.3) is 0 Å². The molecule has 16 heavy (non-hydrogen) atoms. The summed E-state index contributed by atoms with van der Waals surface area (Å²) in [5.41, 5.74) is 0.810. The molecule has 1 saturated heterocycles. The number of carbonyl (C=O) groups excluding carboxylic acids is 1. The average Bonchev–Trinajstić information content (AvgIpc) is 2.78. The average molecular weight is 258 g/mol. The molecular weight excluding hydrogens is 244 g/mol. The van der Waals surface area contributed by atoms with E-state index in [0.29, 0.717) is 0 Å². The zero-order valence-electron chi connectivity index (χ0n) is 9.14. The second kappa shape index (κ2) is 5.54. The molecule has 0 spiro atoms. The lowest BCUT2D eigenvalue weighted by Gasteiger charge is -2.25. The zero-order chi connectivity index (χ0) is 11.4. The van der Waals surface area contributed by atoms with Gasteiger partial charge in [-0.15, -0.1) is 11.3 Å². The SMILES string of the molecule is COC(=O)Cc1csc(N2CCSCC2)n1. The van der Waals surface area contributed by atoms with Crippen molar-refractivity contribution in [2.24, 2.45) is 0 Å². The zero-order valence-corrected chi connectivity index (χ0v) is 10.8. The molecule has 0 aromatic carbocycles. The minimum Gasteiger partial charge on any atom is -0.469 e. The summed E-state index contributed by atoms with van der Waals surface area (Å²) >= 11 is 3.58. The fourth-order valence-electron chi connectivity index (χ4n) is 1.50. The minimum atomic E-state index is -0.231. The highest BCUT2D eigenvalue weighted by Gasteiger charge is 2.15. The predicted molar refractivity (Wildman–Crippen MR) is 67.4 cm³/mol. The number of hydrogen-bond donors (Lipinski definition) is 0. The van der Waals surface area contributed by atoms with Crippen molar-refractivity contribution in [1.29, 1.82) is 0 Å². The van der Waals surface area contributed by atoms with Gasteiger partial charge >= 0.3 is 5.97 Å². The van der Waals surface area contributed by atoms with Crippen LogP contribution in [0.2, 0.25) is 0 Å². The molecule has 0 saturated carbocycles. The second-order valence-electron chi connectivity index (χ2n) is 3.47. The van der Waals surface area contributed by atoms with E-state index < -0.39 is 0 Å². The van der Waals surface area contributed by atoms with Gasteiger partial charge in [0.1, 0.15) is 0 Å². The Morgan fingerprint density at radius 1 is 1.56 bits per heavy atom. The van der Waals surface area contributed by atoms with Gasteiger partial charge in [-0.25, -0.2) is 4.98 Å². The highest BCUT2D eigenvalue weighted by Crippen LogP contribution is 2.23. The second-order valence-corrected chi connectivity index (χ2v) is 5.54. The molecule has 1 aromatic rings. The van der Waals surface area contributed by atoms with Crippen LogP contribution in [0.5, 0.6) is 0 Å². The molecule has 88 valence electrons. The Kier molecular flexibility index (Phi) is 4.06. The topological polar surface area (TPSA) is 42.4 Å². The molecule has 0 atom stereocenters. The normalized spacial score (nSPS) is 16.2. The van der Waals surface area contributed by atoms with E-state index in [4.69, 9.17) is 0 Å². The Bertz CT molecular complexity index is 361. The molecule has 1 aliphatic rings. The van der Waals surface area contributed by atoms with Gasteiger partial charge in [-0.2, -0.15) is 11.8 Å². The van der Waals surface area contributed by atoms with Crippen molar-refractivity contribution in [2.75, 3.05) is 36.6 Å². The third-order valence-corrected chi connectivity index (χ3v) is 4.27. The molecule has 0 aliphatic carbocycles. The number of anilines is 1. The van der Waals surface area contributed by atoms with Crippen LogP contribution in [0.1, 0.15) is 5.69 Å². The van der Waals surface area contributed by atoms with E-state index in [2.05, 4.69) is 14.6 Å². The maximum Gasteiger partial charge on any atom is 0.311 e. The Labute approximate surface area is 103 Å². The van der Waals surface area contributed by atoms with E-state index in [9.17, 15) is 4.79 Å². The maximum absolute atomic E-state index is 11.1. The summed E-state index contributed by atoms with van der Waals surface area (Å²) in [5.74, 6) is 2.09. The van der Waals surface area contributed by atoms with Crippen LogP contribution < -0.4 is 4.90 Å². The summed E-state index contributed by atoms with van der Waals surface area (Å²) in [6, 6.07) is 0. The first-order chi connectivity index (χ1) is 7.79. The monoisotopic (exact) mass is 258 g/mol. The van der Waals surface area contributed by atoms with Crippen LogP contribution in [0.3, 0.4) is 0 Å². The number of rotatable bonds is 3. The number of aromatic nitrogens is 1. The fourth-order valence-corrected chi connectivity index (χ4v) is 3.28.